The summed E-state index contributed by atoms with van der Waals surface area (Å²) in [5, 5.41) is 11.7. The van der Waals surface area contributed by atoms with Crippen LogP contribution in [0.3, 0.4) is 0 Å². The molecule has 3 rings (SSSR count). The summed E-state index contributed by atoms with van der Waals surface area (Å²) in [4.78, 5) is 4.30. The maximum Gasteiger partial charge on any atom is 0.144 e. The van der Waals surface area contributed by atoms with Gasteiger partial charge < -0.3 is 10.7 Å². The number of aromatic nitrogens is 1. The second kappa shape index (κ2) is 5.35. The van der Waals surface area contributed by atoms with Gasteiger partial charge in [0.2, 0.25) is 0 Å². The molecule has 3 nitrogen and oxygen atoms in total. The first-order valence-corrected chi connectivity index (χ1v) is 7.33. The largest absolute Gasteiger partial charge is 0.388 e. The quantitative estimate of drug-likeness (QED) is 0.807. The summed E-state index contributed by atoms with van der Waals surface area (Å²) in [5.74, 6) is 0.0644. The molecule has 0 spiro atoms. The first kappa shape index (κ1) is 13.3. The van der Waals surface area contributed by atoms with Crippen LogP contribution in [0.5, 0.6) is 0 Å². The molecule has 2 saturated carbocycles. The molecule has 0 aliphatic heterocycles. The summed E-state index contributed by atoms with van der Waals surface area (Å²) in [7, 11) is 0. The van der Waals surface area contributed by atoms with Gasteiger partial charge in [-0.25, -0.2) is 9.37 Å². The van der Waals surface area contributed by atoms with Crippen molar-refractivity contribution in [3.8, 4) is 0 Å². The van der Waals surface area contributed by atoms with Crippen molar-refractivity contribution in [2.75, 3.05) is 0 Å². The Morgan fingerprint density at radius 3 is 2.65 bits per heavy atom. The van der Waals surface area contributed by atoms with Crippen LogP contribution < -0.4 is 5.32 Å². The van der Waals surface area contributed by atoms with E-state index >= 15 is 0 Å². The first-order valence-electron chi connectivity index (χ1n) is 7.33. The van der Waals surface area contributed by atoms with Gasteiger partial charge in [-0.3, -0.25) is 0 Å². The van der Waals surface area contributed by atoms with Gasteiger partial charge in [-0.05, 0) is 51.2 Å². The third-order valence-corrected chi connectivity index (χ3v) is 4.14. The van der Waals surface area contributed by atoms with Crippen LogP contribution in [0.2, 0.25) is 0 Å². The summed E-state index contributed by atoms with van der Waals surface area (Å²) in [5.41, 5.74) is 2.55. The Morgan fingerprint density at radius 1 is 1.35 bits per heavy atom. The third-order valence-electron chi connectivity index (χ3n) is 4.14. The zero-order chi connectivity index (χ0) is 14.1. The molecule has 0 bridgehead atoms. The van der Waals surface area contributed by atoms with E-state index in [1.165, 1.54) is 25.3 Å². The highest BCUT2D eigenvalue weighted by Crippen LogP contribution is 2.35. The molecule has 0 amide bonds. The van der Waals surface area contributed by atoms with Crippen molar-refractivity contribution in [2.24, 2.45) is 5.92 Å². The number of hydrogen-bond acceptors (Lipinski definition) is 3. The summed E-state index contributed by atoms with van der Waals surface area (Å²) in [6, 6.07) is 3.64. The lowest BCUT2D eigenvalue weighted by Gasteiger charge is -2.26. The SMILES string of the molecule is Cc1nc(/C(=C/NC2CCC2)C(=N)C2CC2)ccc1F. The second-order valence-electron chi connectivity index (χ2n) is 5.80. The molecule has 1 heterocycles. The van der Waals surface area contributed by atoms with Gasteiger partial charge >= 0.3 is 0 Å². The molecular formula is C16H20FN3. The van der Waals surface area contributed by atoms with E-state index in [-0.39, 0.29) is 5.82 Å². The van der Waals surface area contributed by atoms with Gasteiger partial charge in [0.05, 0.1) is 11.4 Å². The minimum Gasteiger partial charge on any atom is -0.388 e. The number of halogens is 1. The zero-order valence-corrected chi connectivity index (χ0v) is 11.7. The van der Waals surface area contributed by atoms with E-state index in [4.69, 9.17) is 5.41 Å². The van der Waals surface area contributed by atoms with Crippen molar-refractivity contribution >= 4 is 11.3 Å². The van der Waals surface area contributed by atoms with Gasteiger partial charge in [0.1, 0.15) is 5.82 Å². The van der Waals surface area contributed by atoms with Crippen LogP contribution in [0.25, 0.3) is 5.57 Å². The summed E-state index contributed by atoms with van der Waals surface area (Å²) < 4.78 is 13.4. The van der Waals surface area contributed by atoms with E-state index < -0.39 is 0 Å². The topological polar surface area (TPSA) is 48.8 Å². The number of nitrogens with zero attached hydrogens (tertiary/aromatic N) is 1. The lowest BCUT2D eigenvalue weighted by atomic mass is 9.93. The first-order chi connectivity index (χ1) is 9.65. The fourth-order valence-corrected chi connectivity index (χ4v) is 2.35. The fourth-order valence-electron chi connectivity index (χ4n) is 2.35. The van der Waals surface area contributed by atoms with Gasteiger partial charge in [-0.15, -0.1) is 0 Å². The van der Waals surface area contributed by atoms with E-state index in [0.717, 1.165) is 18.4 Å². The number of nitrogens with one attached hydrogen (secondary N) is 2. The molecule has 2 N–H and O–H groups in total. The van der Waals surface area contributed by atoms with Crippen molar-refractivity contribution in [1.29, 1.82) is 5.41 Å². The van der Waals surface area contributed by atoms with Gasteiger partial charge in [0.15, 0.2) is 0 Å². The van der Waals surface area contributed by atoms with Crippen LogP contribution >= 0.6 is 0 Å². The van der Waals surface area contributed by atoms with E-state index in [1.807, 2.05) is 6.20 Å². The maximum atomic E-state index is 13.4. The maximum absolute atomic E-state index is 13.4. The average molecular weight is 273 g/mol. The number of pyridine rings is 1. The molecule has 0 atom stereocenters. The van der Waals surface area contributed by atoms with E-state index in [1.54, 1.807) is 13.0 Å². The molecular weight excluding hydrogens is 253 g/mol. The molecule has 2 aliphatic rings. The highest BCUT2D eigenvalue weighted by atomic mass is 19.1. The fraction of sp³-hybridized carbons (Fsp3) is 0.500. The predicted octanol–water partition coefficient (Wildman–Crippen LogP) is 3.44. The molecule has 1 aromatic rings. The monoisotopic (exact) mass is 273 g/mol. The van der Waals surface area contributed by atoms with Crippen LogP contribution in [0, 0.1) is 24.1 Å². The number of allylic oxidation sites excluding steroid dienone is 1. The Morgan fingerprint density at radius 2 is 2.10 bits per heavy atom. The molecule has 0 saturated heterocycles. The van der Waals surface area contributed by atoms with Crippen LogP contribution in [-0.4, -0.2) is 16.7 Å². The molecule has 20 heavy (non-hydrogen) atoms. The van der Waals surface area contributed by atoms with Gasteiger partial charge in [0, 0.05) is 29.4 Å². The molecule has 2 aliphatic carbocycles. The number of hydrogen-bond donors (Lipinski definition) is 2. The van der Waals surface area contributed by atoms with E-state index in [0.29, 0.717) is 29.1 Å². The molecule has 4 heteroatoms. The van der Waals surface area contributed by atoms with Crippen molar-refractivity contribution < 1.29 is 4.39 Å². The Bertz CT molecular complexity index is 557. The Labute approximate surface area is 118 Å². The van der Waals surface area contributed by atoms with Crippen LogP contribution in [-0.2, 0) is 0 Å². The highest BCUT2D eigenvalue weighted by Gasteiger charge is 2.30. The second-order valence-corrected chi connectivity index (χ2v) is 5.80. The third kappa shape index (κ3) is 2.74. The Kier molecular flexibility index (Phi) is 3.55. The lowest BCUT2D eigenvalue weighted by Crippen LogP contribution is -2.31. The van der Waals surface area contributed by atoms with Crippen molar-refractivity contribution in [3.63, 3.8) is 0 Å². The lowest BCUT2D eigenvalue weighted by molar-refractivity contribution is 0.373. The van der Waals surface area contributed by atoms with Crippen molar-refractivity contribution in [2.45, 2.75) is 45.1 Å². The zero-order valence-electron chi connectivity index (χ0n) is 11.7. The van der Waals surface area contributed by atoms with E-state index in [2.05, 4.69) is 10.3 Å². The van der Waals surface area contributed by atoms with Crippen LogP contribution in [0.1, 0.15) is 43.5 Å². The van der Waals surface area contributed by atoms with Crippen LogP contribution in [0.4, 0.5) is 4.39 Å². The Hall–Kier alpha value is -1.71. The smallest absolute Gasteiger partial charge is 0.144 e. The van der Waals surface area contributed by atoms with Gasteiger partial charge in [-0.2, -0.15) is 0 Å². The Balaban J connectivity index is 1.86. The average Bonchev–Trinajstić information content (AvgIpc) is 3.19. The highest BCUT2D eigenvalue weighted by molar-refractivity contribution is 6.23. The minimum atomic E-state index is -0.294. The standard InChI is InChI=1S/C16H20FN3/c1-10-14(17)7-8-15(20-10)13(16(18)11-5-6-11)9-19-12-3-2-4-12/h7-9,11-12,18-19H,2-6H2,1H3/b13-9-,18-16?. The summed E-state index contributed by atoms with van der Waals surface area (Å²) in [6.07, 6.45) is 7.74. The summed E-state index contributed by atoms with van der Waals surface area (Å²) in [6.45, 7) is 1.66. The van der Waals surface area contributed by atoms with Gasteiger partial charge in [0.25, 0.3) is 0 Å². The van der Waals surface area contributed by atoms with Crippen molar-refractivity contribution in [1.82, 2.24) is 10.3 Å². The predicted molar refractivity (Wildman–Crippen MR) is 78.1 cm³/mol. The van der Waals surface area contributed by atoms with Crippen LogP contribution in [0.15, 0.2) is 18.3 Å². The molecule has 0 radical (unpaired) electrons. The molecule has 0 aromatic carbocycles. The van der Waals surface area contributed by atoms with Gasteiger partial charge in [-0.1, -0.05) is 0 Å². The molecule has 0 unspecified atom stereocenters. The number of aryl methyl sites for hydroxylation is 1. The van der Waals surface area contributed by atoms with Crippen molar-refractivity contribution in [3.05, 3.63) is 35.5 Å². The molecule has 2 fully saturated rings. The molecule has 106 valence electrons. The van der Waals surface area contributed by atoms with E-state index in [9.17, 15) is 4.39 Å². The summed E-state index contributed by atoms with van der Waals surface area (Å²) >= 11 is 0. The normalized spacial score (nSPS) is 19.6. The number of rotatable bonds is 5. The molecule has 1 aromatic heterocycles. The minimum absolute atomic E-state index is 0.294.